The summed E-state index contributed by atoms with van der Waals surface area (Å²) in [4.78, 5) is 31.7. The normalized spacial score (nSPS) is 18.5. The smallest absolute Gasteiger partial charge is 0.224 e. The van der Waals surface area contributed by atoms with Gasteiger partial charge in [0, 0.05) is 39.1 Å². The highest BCUT2D eigenvalue weighted by Crippen LogP contribution is 2.29. The summed E-state index contributed by atoms with van der Waals surface area (Å²) in [6.07, 6.45) is 9.11. The summed E-state index contributed by atoms with van der Waals surface area (Å²) in [7, 11) is 2.13. The quantitative estimate of drug-likeness (QED) is 0.503. The van der Waals surface area contributed by atoms with Crippen LogP contribution in [0, 0.1) is 5.92 Å². The first-order valence-corrected chi connectivity index (χ1v) is 13.1. The molecule has 186 valence electrons. The number of hydrogen-bond donors (Lipinski definition) is 1. The number of carbonyl (C=O) groups excluding carboxylic acids is 1. The van der Waals surface area contributed by atoms with Crippen molar-refractivity contribution >= 4 is 22.9 Å². The number of aryl methyl sites for hydroxylation is 2. The van der Waals surface area contributed by atoms with Gasteiger partial charge in [-0.3, -0.25) is 4.79 Å². The molecule has 0 spiro atoms. The molecule has 1 saturated heterocycles. The SMILES string of the molecule is CN(CCCNC(=O)C1CCCN(c2ncnc3c2nc2n3CCCCC2)C1)Cc1ccccc1. The van der Waals surface area contributed by atoms with E-state index >= 15 is 0 Å². The van der Waals surface area contributed by atoms with Crippen LogP contribution in [0.2, 0.25) is 0 Å². The third kappa shape index (κ3) is 5.64. The minimum absolute atomic E-state index is 0.0174. The van der Waals surface area contributed by atoms with Gasteiger partial charge in [-0.25, -0.2) is 15.0 Å². The Labute approximate surface area is 207 Å². The highest BCUT2D eigenvalue weighted by molar-refractivity contribution is 5.85. The second-order valence-electron chi connectivity index (χ2n) is 10.0. The molecule has 8 heteroatoms. The van der Waals surface area contributed by atoms with E-state index in [1.807, 2.05) is 6.07 Å². The number of rotatable bonds is 8. The fourth-order valence-electron chi connectivity index (χ4n) is 5.42. The van der Waals surface area contributed by atoms with Crippen LogP contribution in [0.15, 0.2) is 36.7 Å². The Balaban J connectivity index is 1.15. The summed E-state index contributed by atoms with van der Waals surface area (Å²) in [6.45, 7) is 5.16. The van der Waals surface area contributed by atoms with Gasteiger partial charge in [-0.1, -0.05) is 36.8 Å². The first kappa shape index (κ1) is 23.7. The van der Waals surface area contributed by atoms with Gasteiger partial charge in [0.25, 0.3) is 0 Å². The zero-order valence-electron chi connectivity index (χ0n) is 20.8. The zero-order chi connectivity index (χ0) is 24.0. The molecular formula is C27H37N7O. The lowest BCUT2D eigenvalue weighted by atomic mass is 9.97. The van der Waals surface area contributed by atoms with Crippen molar-refractivity contribution in [3.05, 3.63) is 48.0 Å². The van der Waals surface area contributed by atoms with Gasteiger partial charge >= 0.3 is 0 Å². The van der Waals surface area contributed by atoms with Crippen molar-refractivity contribution in [3.63, 3.8) is 0 Å². The number of amides is 1. The summed E-state index contributed by atoms with van der Waals surface area (Å²) < 4.78 is 2.27. The Kier molecular flexibility index (Phi) is 7.57. The van der Waals surface area contributed by atoms with E-state index in [-0.39, 0.29) is 11.8 Å². The number of aromatic nitrogens is 4. The Morgan fingerprint density at radius 3 is 2.89 bits per heavy atom. The average molecular weight is 476 g/mol. The zero-order valence-corrected chi connectivity index (χ0v) is 20.8. The van der Waals surface area contributed by atoms with E-state index < -0.39 is 0 Å². The van der Waals surface area contributed by atoms with Crippen LogP contribution in [-0.4, -0.2) is 63.6 Å². The fraction of sp³-hybridized carbons (Fsp3) is 0.556. The summed E-state index contributed by atoms with van der Waals surface area (Å²) in [5.41, 5.74) is 3.15. The van der Waals surface area contributed by atoms with Crippen LogP contribution in [0.25, 0.3) is 11.2 Å². The van der Waals surface area contributed by atoms with Gasteiger partial charge in [-0.15, -0.1) is 0 Å². The van der Waals surface area contributed by atoms with Crippen LogP contribution < -0.4 is 10.2 Å². The predicted octanol–water partition coefficient (Wildman–Crippen LogP) is 3.41. The first-order valence-electron chi connectivity index (χ1n) is 13.1. The lowest BCUT2D eigenvalue weighted by Gasteiger charge is -2.32. The average Bonchev–Trinajstić information content (AvgIpc) is 3.08. The van der Waals surface area contributed by atoms with E-state index in [9.17, 15) is 4.79 Å². The van der Waals surface area contributed by atoms with E-state index in [4.69, 9.17) is 4.98 Å². The number of imidazole rings is 1. The molecule has 2 aromatic heterocycles. The molecule has 2 aliphatic heterocycles. The number of fused-ring (bicyclic) bond motifs is 3. The van der Waals surface area contributed by atoms with Crippen molar-refractivity contribution < 1.29 is 4.79 Å². The number of benzene rings is 1. The molecule has 3 aromatic rings. The van der Waals surface area contributed by atoms with Crippen LogP contribution in [-0.2, 0) is 24.3 Å². The Morgan fingerprint density at radius 2 is 2.00 bits per heavy atom. The van der Waals surface area contributed by atoms with Gasteiger partial charge in [0.15, 0.2) is 17.0 Å². The maximum Gasteiger partial charge on any atom is 0.224 e. The third-order valence-corrected chi connectivity index (χ3v) is 7.28. The molecule has 5 rings (SSSR count). The van der Waals surface area contributed by atoms with Gasteiger partial charge in [-0.2, -0.15) is 0 Å². The lowest BCUT2D eigenvalue weighted by Crippen LogP contribution is -2.44. The lowest BCUT2D eigenvalue weighted by molar-refractivity contribution is -0.125. The molecule has 1 unspecified atom stereocenters. The molecule has 0 saturated carbocycles. The van der Waals surface area contributed by atoms with Crippen LogP contribution in [0.4, 0.5) is 5.82 Å². The van der Waals surface area contributed by atoms with E-state index in [1.165, 1.54) is 24.8 Å². The first-order chi connectivity index (χ1) is 17.2. The van der Waals surface area contributed by atoms with Crippen molar-refractivity contribution in [1.82, 2.24) is 29.7 Å². The summed E-state index contributed by atoms with van der Waals surface area (Å²) in [6, 6.07) is 10.5. The topological polar surface area (TPSA) is 79.2 Å². The third-order valence-electron chi connectivity index (χ3n) is 7.28. The maximum atomic E-state index is 13.0. The molecule has 0 aliphatic carbocycles. The second-order valence-corrected chi connectivity index (χ2v) is 10.0. The standard InChI is InChI=1S/C27H37N7O/c1-32(18-21-10-4-2-5-11-21)15-9-14-28-27(35)22-12-8-16-33(19-22)25-24-26(30-20-29-25)34-17-7-3-6-13-23(34)31-24/h2,4-5,10-11,20,22H,3,6-9,12-19H2,1H3,(H,28,35). The maximum absolute atomic E-state index is 13.0. The Hall–Kier alpha value is -3.00. The molecule has 1 N–H and O–H groups in total. The number of nitrogens with zero attached hydrogens (tertiary/aromatic N) is 6. The number of piperidine rings is 1. The molecular weight excluding hydrogens is 438 g/mol. The molecule has 1 amide bonds. The van der Waals surface area contributed by atoms with E-state index in [0.29, 0.717) is 13.1 Å². The van der Waals surface area contributed by atoms with E-state index in [0.717, 1.165) is 74.7 Å². The highest BCUT2D eigenvalue weighted by Gasteiger charge is 2.29. The molecule has 0 bridgehead atoms. The van der Waals surface area contributed by atoms with Gasteiger partial charge in [0.1, 0.15) is 12.2 Å². The van der Waals surface area contributed by atoms with Gasteiger partial charge < -0.3 is 19.7 Å². The number of anilines is 1. The number of carbonyl (C=O) groups is 1. The van der Waals surface area contributed by atoms with Gasteiger partial charge in [0.05, 0.1) is 5.92 Å². The summed E-state index contributed by atoms with van der Waals surface area (Å²) in [5, 5.41) is 3.18. The van der Waals surface area contributed by atoms with Crippen molar-refractivity contribution in [3.8, 4) is 0 Å². The molecule has 1 aromatic carbocycles. The molecule has 1 atom stereocenters. The van der Waals surface area contributed by atoms with Crippen LogP contribution in [0.3, 0.4) is 0 Å². The largest absolute Gasteiger partial charge is 0.356 e. The van der Waals surface area contributed by atoms with Gasteiger partial charge in [-0.05, 0) is 51.3 Å². The molecule has 2 aliphatic rings. The molecule has 8 nitrogen and oxygen atoms in total. The predicted molar refractivity (Wildman–Crippen MR) is 138 cm³/mol. The minimum atomic E-state index is -0.0174. The van der Waals surface area contributed by atoms with E-state index in [2.05, 4.69) is 61.0 Å². The molecule has 35 heavy (non-hydrogen) atoms. The molecule has 4 heterocycles. The van der Waals surface area contributed by atoms with Crippen molar-refractivity contribution in [2.45, 2.75) is 58.0 Å². The fourth-order valence-corrected chi connectivity index (χ4v) is 5.42. The molecule has 1 fully saturated rings. The minimum Gasteiger partial charge on any atom is -0.356 e. The van der Waals surface area contributed by atoms with E-state index in [1.54, 1.807) is 6.33 Å². The van der Waals surface area contributed by atoms with Crippen LogP contribution >= 0.6 is 0 Å². The Morgan fingerprint density at radius 1 is 1.11 bits per heavy atom. The number of hydrogen-bond acceptors (Lipinski definition) is 6. The summed E-state index contributed by atoms with van der Waals surface area (Å²) >= 11 is 0. The van der Waals surface area contributed by atoms with Crippen molar-refractivity contribution in [2.24, 2.45) is 5.92 Å². The molecule has 0 radical (unpaired) electrons. The number of nitrogens with one attached hydrogen (secondary N) is 1. The van der Waals surface area contributed by atoms with Gasteiger partial charge in [0.2, 0.25) is 5.91 Å². The van der Waals surface area contributed by atoms with Crippen LogP contribution in [0.1, 0.15) is 49.9 Å². The monoisotopic (exact) mass is 475 g/mol. The highest BCUT2D eigenvalue weighted by atomic mass is 16.1. The summed E-state index contributed by atoms with van der Waals surface area (Å²) in [5.74, 6) is 2.15. The Bertz CT molecular complexity index is 1130. The van der Waals surface area contributed by atoms with Crippen LogP contribution in [0.5, 0.6) is 0 Å². The second kappa shape index (κ2) is 11.2. The van der Waals surface area contributed by atoms with Crippen molar-refractivity contribution in [1.29, 1.82) is 0 Å². The van der Waals surface area contributed by atoms with Crippen molar-refractivity contribution in [2.75, 3.05) is 38.1 Å².